The van der Waals surface area contributed by atoms with E-state index in [2.05, 4.69) is 38.1 Å². The van der Waals surface area contributed by atoms with Gasteiger partial charge in [-0.05, 0) is 54.8 Å². The second-order valence-corrected chi connectivity index (χ2v) is 9.76. The summed E-state index contributed by atoms with van der Waals surface area (Å²) in [7, 11) is 1.66. The van der Waals surface area contributed by atoms with Crippen LogP contribution in [0.5, 0.6) is 5.75 Å². The van der Waals surface area contributed by atoms with Crippen LogP contribution in [0.1, 0.15) is 23.1 Å². The zero-order valence-corrected chi connectivity index (χ0v) is 20.1. The third-order valence-electron chi connectivity index (χ3n) is 5.29. The van der Waals surface area contributed by atoms with E-state index in [0.29, 0.717) is 18.7 Å². The van der Waals surface area contributed by atoms with Gasteiger partial charge < -0.3 is 4.74 Å². The number of methoxy groups -OCH3 is 1. The summed E-state index contributed by atoms with van der Waals surface area (Å²) in [4.78, 5) is 21.2. The summed E-state index contributed by atoms with van der Waals surface area (Å²) in [5.74, 6) is 1.63. The van der Waals surface area contributed by atoms with Gasteiger partial charge in [0, 0.05) is 17.1 Å². The molecule has 0 saturated heterocycles. The highest BCUT2D eigenvalue weighted by Gasteiger charge is 2.21. The van der Waals surface area contributed by atoms with Gasteiger partial charge in [0.2, 0.25) is 5.91 Å². The number of aryl methyl sites for hydroxylation is 2. The van der Waals surface area contributed by atoms with Crippen molar-refractivity contribution in [1.82, 2.24) is 4.98 Å². The summed E-state index contributed by atoms with van der Waals surface area (Å²) in [6, 6.07) is 22.2. The number of aromatic nitrogens is 1. The highest BCUT2D eigenvalue weighted by molar-refractivity contribution is 7.99. The fraction of sp³-hybridized carbons (Fsp3) is 0.231. The average Bonchev–Trinajstić information content (AvgIpc) is 3.27. The van der Waals surface area contributed by atoms with E-state index in [1.807, 2.05) is 47.4 Å². The minimum atomic E-state index is 0.0872. The van der Waals surface area contributed by atoms with Gasteiger partial charge in [0.25, 0.3) is 0 Å². The summed E-state index contributed by atoms with van der Waals surface area (Å²) in [5, 5.41) is 0.765. The molecule has 0 N–H and O–H groups in total. The minimum Gasteiger partial charge on any atom is -0.497 e. The Labute approximate surface area is 197 Å². The summed E-state index contributed by atoms with van der Waals surface area (Å²) in [6.07, 6.45) is 0.442. The first kappa shape index (κ1) is 22.4. The van der Waals surface area contributed by atoms with Crippen LogP contribution in [-0.4, -0.2) is 23.8 Å². The number of benzene rings is 3. The standard InChI is InChI=1S/C26H26N2O2S2/c1-18-9-10-19(2)25-24(18)27-26(32-25)28(17-20-7-5-4-6-8-20)23(29)15-16-31-22-13-11-21(30-3)12-14-22/h4-14H,15-17H2,1-3H3. The number of hydrogen-bond acceptors (Lipinski definition) is 5. The molecule has 3 aromatic carbocycles. The first-order valence-corrected chi connectivity index (χ1v) is 12.3. The Morgan fingerprint density at radius 2 is 1.72 bits per heavy atom. The average molecular weight is 463 g/mol. The Kier molecular flexibility index (Phi) is 7.12. The van der Waals surface area contributed by atoms with Crippen molar-refractivity contribution in [2.75, 3.05) is 17.8 Å². The lowest BCUT2D eigenvalue weighted by Gasteiger charge is -2.20. The molecule has 0 atom stereocenters. The van der Waals surface area contributed by atoms with E-state index in [0.717, 1.165) is 37.1 Å². The molecule has 0 unspecified atom stereocenters. The third kappa shape index (κ3) is 5.14. The van der Waals surface area contributed by atoms with Crippen LogP contribution in [0.3, 0.4) is 0 Å². The van der Waals surface area contributed by atoms with E-state index in [4.69, 9.17) is 9.72 Å². The lowest BCUT2D eigenvalue weighted by atomic mass is 10.1. The molecule has 4 nitrogen and oxygen atoms in total. The maximum Gasteiger partial charge on any atom is 0.229 e. The molecule has 0 spiro atoms. The van der Waals surface area contributed by atoms with Gasteiger partial charge in [0.1, 0.15) is 5.75 Å². The molecular weight excluding hydrogens is 436 g/mol. The maximum atomic E-state index is 13.3. The van der Waals surface area contributed by atoms with Crippen molar-refractivity contribution in [2.45, 2.75) is 31.7 Å². The van der Waals surface area contributed by atoms with E-state index in [1.165, 1.54) is 5.56 Å². The number of ether oxygens (including phenoxy) is 1. The zero-order chi connectivity index (χ0) is 22.5. The van der Waals surface area contributed by atoms with Crippen molar-refractivity contribution in [3.05, 3.63) is 83.4 Å². The molecule has 4 rings (SSSR count). The molecule has 4 aromatic rings. The number of thioether (sulfide) groups is 1. The number of hydrogen-bond donors (Lipinski definition) is 0. The summed E-state index contributed by atoms with van der Waals surface area (Å²) >= 11 is 3.28. The molecule has 0 aliphatic rings. The summed E-state index contributed by atoms with van der Waals surface area (Å²) < 4.78 is 6.37. The molecule has 0 aliphatic heterocycles. The Bertz CT molecular complexity index is 1160. The first-order chi connectivity index (χ1) is 15.5. The maximum absolute atomic E-state index is 13.3. The molecule has 6 heteroatoms. The van der Waals surface area contributed by atoms with Crippen LogP contribution in [0.25, 0.3) is 10.2 Å². The molecule has 0 aliphatic carbocycles. The smallest absolute Gasteiger partial charge is 0.229 e. The molecule has 32 heavy (non-hydrogen) atoms. The van der Waals surface area contributed by atoms with Crippen molar-refractivity contribution in [3.8, 4) is 5.75 Å². The number of amides is 1. The zero-order valence-electron chi connectivity index (χ0n) is 18.5. The van der Waals surface area contributed by atoms with Crippen molar-refractivity contribution < 1.29 is 9.53 Å². The molecule has 0 radical (unpaired) electrons. The monoisotopic (exact) mass is 462 g/mol. The number of nitrogens with zero attached hydrogens (tertiary/aromatic N) is 2. The lowest BCUT2D eigenvalue weighted by Crippen LogP contribution is -2.30. The normalized spacial score (nSPS) is 11.0. The van der Waals surface area contributed by atoms with Crippen LogP contribution in [0.2, 0.25) is 0 Å². The summed E-state index contributed by atoms with van der Waals surface area (Å²) in [6.45, 7) is 4.68. The van der Waals surface area contributed by atoms with E-state index in [1.54, 1.807) is 30.2 Å². The highest BCUT2D eigenvalue weighted by Crippen LogP contribution is 2.34. The van der Waals surface area contributed by atoms with Gasteiger partial charge in [-0.1, -0.05) is 53.8 Å². The van der Waals surface area contributed by atoms with Crippen LogP contribution in [0.4, 0.5) is 5.13 Å². The number of carbonyl (C=O) groups excluding carboxylic acids is 1. The predicted molar refractivity (Wildman–Crippen MR) is 135 cm³/mol. The van der Waals surface area contributed by atoms with Crippen molar-refractivity contribution in [1.29, 1.82) is 0 Å². The van der Waals surface area contributed by atoms with E-state index in [-0.39, 0.29) is 5.91 Å². The van der Waals surface area contributed by atoms with Crippen molar-refractivity contribution in [2.24, 2.45) is 0 Å². The predicted octanol–water partition coefficient (Wildman–Crippen LogP) is 6.64. The second kappa shape index (κ2) is 10.2. The van der Waals surface area contributed by atoms with Crippen LogP contribution in [0.15, 0.2) is 71.6 Å². The molecule has 0 saturated carbocycles. The van der Waals surface area contributed by atoms with Gasteiger partial charge in [-0.3, -0.25) is 9.69 Å². The Morgan fingerprint density at radius 1 is 1.00 bits per heavy atom. The Morgan fingerprint density at radius 3 is 2.41 bits per heavy atom. The van der Waals surface area contributed by atoms with Gasteiger partial charge in [-0.2, -0.15) is 0 Å². The topological polar surface area (TPSA) is 42.4 Å². The van der Waals surface area contributed by atoms with Crippen LogP contribution in [-0.2, 0) is 11.3 Å². The summed E-state index contributed by atoms with van der Waals surface area (Å²) in [5.41, 5.74) is 4.41. The van der Waals surface area contributed by atoms with E-state index >= 15 is 0 Å². The number of rotatable bonds is 8. The minimum absolute atomic E-state index is 0.0872. The fourth-order valence-electron chi connectivity index (χ4n) is 3.46. The largest absolute Gasteiger partial charge is 0.497 e. The molecular formula is C26H26N2O2S2. The van der Waals surface area contributed by atoms with Crippen molar-refractivity contribution >= 4 is 44.4 Å². The van der Waals surface area contributed by atoms with Gasteiger partial charge in [0.05, 0.1) is 23.9 Å². The third-order valence-corrected chi connectivity index (χ3v) is 7.52. The van der Waals surface area contributed by atoms with Crippen LogP contribution in [0, 0.1) is 13.8 Å². The molecule has 1 aromatic heterocycles. The Balaban J connectivity index is 1.54. The molecule has 1 heterocycles. The van der Waals surface area contributed by atoms with Crippen molar-refractivity contribution in [3.63, 3.8) is 0 Å². The lowest BCUT2D eigenvalue weighted by molar-refractivity contribution is -0.118. The van der Waals surface area contributed by atoms with Gasteiger partial charge >= 0.3 is 0 Å². The fourth-order valence-corrected chi connectivity index (χ4v) is 5.42. The molecule has 0 bridgehead atoms. The Hall–Kier alpha value is -2.83. The van der Waals surface area contributed by atoms with Gasteiger partial charge in [-0.15, -0.1) is 11.8 Å². The number of fused-ring (bicyclic) bond motifs is 1. The van der Waals surface area contributed by atoms with Crippen LogP contribution >= 0.6 is 23.1 Å². The number of carbonyl (C=O) groups is 1. The number of anilines is 1. The highest BCUT2D eigenvalue weighted by atomic mass is 32.2. The quantitative estimate of drug-likeness (QED) is 0.275. The molecule has 164 valence electrons. The first-order valence-electron chi connectivity index (χ1n) is 10.5. The molecule has 1 amide bonds. The SMILES string of the molecule is COc1ccc(SCCC(=O)N(Cc2ccccc2)c2nc3c(C)ccc(C)c3s2)cc1. The van der Waals surface area contributed by atoms with E-state index < -0.39 is 0 Å². The molecule has 0 fully saturated rings. The van der Waals surface area contributed by atoms with Gasteiger partial charge in [0.15, 0.2) is 5.13 Å². The second-order valence-electron chi connectivity index (χ2n) is 7.61. The van der Waals surface area contributed by atoms with Gasteiger partial charge in [-0.25, -0.2) is 4.98 Å². The van der Waals surface area contributed by atoms with Crippen LogP contribution < -0.4 is 9.64 Å². The number of thiazole rings is 1. The van der Waals surface area contributed by atoms with E-state index in [9.17, 15) is 4.79 Å².